The first kappa shape index (κ1) is 20.7. The third-order valence-electron chi connectivity index (χ3n) is 4.34. The van der Waals surface area contributed by atoms with Crippen LogP contribution in [0.25, 0.3) is 11.3 Å². The van der Waals surface area contributed by atoms with Gasteiger partial charge in [0.05, 0.1) is 21.8 Å². The van der Waals surface area contributed by atoms with Crippen LogP contribution in [0, 0.1) is 6.92 Å². The van der Waals surface area contributed by atoms with E-state index in [4.69, 9.17) is 11.6 Å². The zero-order valence-corrected chi connectivity index (χ0v) is 16.1. The molecule has 0 bridgehead atoms. The molecule has 2 N–H and O–H groups in total. The third-order valence-corrected chi connectivity index (χ3v) is 4.75. The lowest BCUT2D eigenvalue weighted by atomic mass is 10.1. The third kappa shape index (κ3) is 4.19. The molecule has 0 aliphatic heterocycles. The van der Waals surface area contributed by atoms with Gasteiger partial charge in [0.1, 0.15) is 0 Å². The molecule has 0 fully saturated rings. The Hall–Kier alpha value is -3.07. The summed E-state index contributed by atoms with van der Waals surface area (Å²) >= 11 is 6.35. The second-order valence-corrected chi connectivity index (χ2v) is 6.74. The van der Waals surface area contributed by atoms with Crippen molar-refractivity contribution in [3.05, 3.63) is 74.3 Å². The van der Waals surface area contributed by atoms with Gasteiger partial charge in [-0.1, -0.05) is 23.7 Å². The summed E-state index contributed by atoms with van der Waals surface area (Å²) in [7, 11) is 1.71. The molecule has 3 rings (SSSR count). The quantitative estimate of drug-likeness (QED) is 0.670. The number of alkyl halides is 3. The highest BCUT2D eigenvalue weighted by atomic mass is 35.5. The number of aromatic amines is 1. The van der Waals surface area contributed by atoms with E-state index in [2.05, 4.69) is 15.4 Å². The number of carbonyl (C=O) groups is 1. The van der Waals surface area contributed by atoms with Gasteiger partial charge in [0.15, 0.2) is 0 Å². The van der Waals surface area contributed by atoms with Crippen LogP contribution in [0.5, 0.6) is 0 Å². The molecule has 0 aliphatic carbocycles. The molecule has 0 atom stereocenters. The van der Waals surface area contributed by atoms with Crippen LogP contribution in [0.1, 0.15) is 27.2 Å². The summed E-state index contributed by atoms with van der Waals surface area (Å²) in [6, 6.07) is 7.29. The lowest BCUT2D eigenvalue weighted by Gasteiger charge is -2.14. The first-order valence-electron chi connectivity index (χ1n) is 8.44. The highest BCUT2D eigenvalue weighted by Gasteiger charge is 2.35. The molecule has 1 amide bonds. The van der Waals surface area contributed by atoms with E-state index in [9.17, 15) is 22.8 Å². The Bertz CT molecular complexity index is 1140. The van der Waals surface area contributed by atoms with Gasteiger partial charge in [-0.05, 0) is 25.1 Å². The minimum Gasteiger partial charge on any atom is -0.348 e. The van der Waals surface area contributed by atoms with E-state index in [1.165, 1.54) is 13.0 Å². The van der Waals surface area contributed by atoms with Gasteiger partial charge in [-0.15, -0.1) is 0 Å². The van der Waals surface area contributed by atoms with Gasteiger partial charge in [0, 0.05) is 36.6 Å². The molecule has 29 heavy (non-hydrogen) atoms. The maximum Gasteiger partial charge on any atom is 0.417 e. The number of nitrogens with one attached hydrogen (secondary N) is 2. The fraction of sp³-hybridized carbons (Fsp3) is 0.211. The maximum absolute atomic E-state index is 13.3. The zero-order valence-electron chi connectivity index (χ0n) is 15.4. The summed E-state index contributed by atoms with van der Waals surface area (Å²) in [6.45, 7) is 0.748. The van der Waals surface area contributed by atoms with Crippen molar-refractivity contribution in [3.8, 4) is 11.3 Å². The summed E-state index contributed by atoms with van der Waals surface area (Å²) in [5, 5.41) is 6.52. The van der Waals surface area contributed by atoms with E-state index < -0.39 is 35.3 Å². The van der Waals surface area contributed by atoms with Crippen LogP contribution < -0.4 is 10.9 Å². The number of aromatic nitrogens is 3. The van der Waals surface area contributed by atoms with Gasteiger partial charge in [0.2, 0.25) is 0 Å². The molecule has 0 radical (unpaired) electrons. The number of benzene rings is 1. The second kappa shape index (κ2) is 7.75. The molecule has 2 aromatic heterocycles. The number of H-pyrrole nitrogens is 1. The number of hydrogen-bond donors (Lipinski definition) is 2. The Morgan fingerprint density at radius 3 is 2.66 bits per heavy atom. The van der Waals surface area contributed by atoms with Gasteiger partial charge in [-0.25, -0.2) is 0 Å². The number of amides is 1. The van der Waals surface area contributed by atoms with Crippen LogP contribution in [0.2, 0.25) is 5.02 Å². The lowest BCUT2D eigenvalue weighted by Crippen LogP contribution is -2.30. The number of hydrogen-bond acceptors (Lipinski definition) is 3. The first-order chi connectivity index (χ1) is 13.6. The standard InChI is InChI=1S/C19H16ClF3N4O2/c1-10-8-14(19(21,22)23)13(18(29)26-10)9-24-17(28)12-5-3-4-11(16(12)20)15-6-7-25-27(15)2/h3-8H,9H2,1-2H3,(H,24,28)(H,26,29). The van der Waals surface area contributed by atoms with Crippen molar-refractivity contribution >= 4 is 17.5 Å². The van der Waals surface area contributed by atoms with Crippen molar-refractivity contribution in [3.63, 3.8) is 0 Å². The van der Waals surface area contributed by atoms with Crippen LogP contribution >= 0.6 is 11.6 Å². The van der Waals surface area contributed by atoms with Gasteiger partial charge < -0.3 is 10.3 Å². The molecular weight excluding hydrogens is 409 g/mol. The summed E-state index contributed by atoms with van der Waals surface area (Å²) in [4.78, 5) is 26.9. The summed E-state index contributed by atoms with van der Waals surface area (Å²) in [5.41, 5.74) is -1.22. The van der Waals surface area contributed by atoms with Crippen molar-refractivity contribution in [1.29, 1.82) is 0 Å². The monoisotopic (exact) mass is 424 g/mol. The molecule has 152 valence electrons. The van der Waals surface area contributed by atoms with Crippen molar-refractivity contribution in [2.75, 3.05) is 0 Å². The number of pyridine rings is 1. The molecule has 0 saturated carbocycles. The average Bonchev–Trinajstić information content (AvgIpc) is 3.05. The predicted molar refractivity (Wildman–Crippen MR) is 102 cm³/mol. The van der Waals surface area contributed by atoms with Crippen molar-refractivity contribution < 1.29 is 18.0 Å². The minimum absolute atomic E-state index is 0.0717. The fourth-order valence-corrected chi connectivity index (χ4v) is 3.26. The number of aryl methyl sites for hydroxylation is 2. The molecule has 3 aromatic rings. The van der Waals surface area contributed by atoms with Crippen molar-refractivity contribution in [2.24, 2.45) is 7.05 Å². The van der Waals surface area contributed by atoms with Crippen molar-refractivity contribution in [2.45, 2.75) is 19.6 Å². The molecule has 10 heteroatoms. The van der Waals surface area contributed by atoms with E-state index >= 15 is 0 Å². The van der Waals surface area contributed by atoms with E-state index in [1.807, 2.05) is 0 Å². The summed E-state index contributed by atoms with van der Waals surface area (Å²) in [6.07, 6.45) is -3.16. The lowest BCUT2D eigenvalue weighted by molar-refractivity contribution is -0.138. The average molecular weight is 425 g/mol. The van der Waals surface area contributed by atoms with Crippen LogP contribution in [0.4, 0.5) is 13.2 Å². The zero-order chi connectivity index (χ0) is 21.3. The van der Waals surface area contributed by atoms with Gasteiger partial charge >= 0.3 is 6.18 Å². The molecule has 0 unspecified atom stereocenters. The normalized spacial score (nSPS) is 11.5. The molecule has 2 heterocycles. The van der Waals surface area contributed by atoms with Crippen LogP contribution in [0.15, 0.2) is 41.3 Å². The molecular formula is C19H16ClF3N4O2. The fourth-order valence-electron chi connectivity index (χ4n) is 2.95. The smallest absolute Gasteiger partial charge is 0.348 e. The molecule has 0 aliphatic rings. The topological polar surface area (TPSA) is 79.8 Å². The minimum atomic E-state index is -4.73. The van der Waals surface area contributed by atoms with E-state index in [0.29, 0.717) is 11.3 Å². The summed E-state index contributed by atoms with van der Waals surface area (Å²) in [5.74, 6) is -0.702. The summed E-state index contributed by atoms with van der Waals surface area (Å²) < 4.78 is 41.4. The van der Waals surface area contributed by atoms with Gasteiger partial charge in [-0.2, -0.15) is 18.3 Å². The van der Waals surface area contributed by atoms with E-state index in [1.54, 1.807) is 36.1 Å². The Labute approximate surface area is 168 Å². The Morgan fingerprint density at radius 2 is 2.03 bits per heavy atom. The highest BCUT2D eigenvalue weighted by Crippen LogP contribution is 2.32. The number of carbonyl (C=O) groups excluding carboxylic acids is 1. The maximum atomic E-state index is 13.3. The second-order valence-electron chi connectivity index (χ2n) is 6.36. The van der Waals surface area contributed by atoms with Gasteiger partial charge in [0.25, 0.3) is 11.5 Å². The Kier molecular flexibility index (Phi) is 5.52. The first-order valence-corrected chi connectivity index (χ1v) is 8.82. The van der Waals surface area contributed by atoms with Gasteiger partial charge in [-0.3, -0.25) is 14.3 Å². The van der Waals surface area contributed by atoms with Crippen LogP contribution in [0.3, 0.4) is 0 Å². The van der Waals surface area contributed by atoms with Crippen LogP contribution in [-0.2, 0) is 19.8 Å². The SMILES string of the molecule is Cc1cc(C(F)(F)F)c(CNC(=O)c2cccc(-c3ccnn3C)c2Cl)c(=O)[nH]1. The van der Waals surface area contributed by atoms with E-state index in [-0.39, 0.29) is 16.3 Å². The van der Waals surface area contributed by atoms with Crippen molar-refractivity contribution in [1.82, 2.24) is 20.1 Å². The molecule has 6 nitrogen and oxygen atoms in total. The van der Waals surface area contributed by atoms with Crippen LogP contribution in [-0.4, -0.2) is 20.7 Å². The Morgan fingerprint density at radius 1 is 1.31 bits per heavy atom. The number of nitrogens with zero attached hydrogens (tertiary/aromatic N) is 2. The number of rotatable bonds is 4. The molecule has 1 aromatic carbocycles. The largest absolute Gasteiger partial charge is 0.417 e. The van der Waals surface area contributed by atoms with E-state index in [0.717, 1.165) is 6.07 Å². The molecule has 0 spiro atoms. The number of halogens is 4. The predicted octanol–water partition coefficient (Wildman–Crippen LogP) is 3.69. The molecule has 0 saturated heterocycles. The highest BCUT2D eigenvalue weighted by molar-refractivity contribution is 6.36. The Balaban J connectivity index is 1.90.